The van der Waals surface area contributed by atoms with E-state index in [-0.39, 0.29) is 17.6 Å². The van der Waals surface area contributed by atoms with Crippen LogP contribution in [0.2, 0.25) is 5.02 Å². The van der Waals surface area contributed by atoms with Gasteiger partial charge in [-0.25, -0.2) is 4.98 Å². The highest BCUT2D eigenvalue weighted by atomic mass is 35.5. The van der Waals surface area contributed by atoms with Gasteiger partial charge in [0.1, 0.15) is 10.6 Å². The number of carbonyl (C=O) groups excluding carboxylic acids is 2. The van der Waals surface area contributed by atoms with E-state index in [0.29, 0.717) is 38.6 Å². The Bertz CT molecular complexity index is 1200. The number of nitrogens with zero attached hydrogens (tertiary/aromatic N) is 2. The van der Waals surface area contributed by atoms with Crippen LogP contribution in [0.3, 0.4) is 0 Å². The number of rotatable bonds is 7. The summed E-state index contributed by atoms with van der Waals surface area (Å²) in [6.07, 6.45) is 3.81. The Morgan fingerprint density at radius 3 is 2.57 bits per heavy atom. The zero-order valence-corrected chi connectivity index (χ0v) is 21.4. The Labute approximate surface area is 214 Å². The lowest BCUT2D eigenvalue weighted by Crippen LogP contribution is -2.40. The quantitative estimate of drug-likeness (QED) is 0.401. The molecular weight excluding hydrogens is 484 g/mol. The lowest BCUT2D eigenvalue weighted by Gasteiger charge is -2.32. The fourth-order valence-electron chi connectivity index (χ4n) is 4.17. The molecule has 1 aromatic heterocycles. The normalized spacial score (nSPS) is 14.1. The van der Waals surface area contributed by atoms with Crippen molar-refractivity contribution in [1.82, 2.24) is 9.88 Å². The van der Waals surface area contributed by atoms with Gasteiger partial charge in [-0.05, 0) is 61.9 Å². The fraction of sp³-hybridized carbons (Fsp3) is 0.346. The summed E-state index contributed by atoms with van der Waals surface area (Å²) in [6.45, 7) is 5.89. The standard InChI is InChI=1S/C26H29ClN4O3S/c1-16-3-8-21(32)17(2)24(16)30-25(34)22-15-29-26(35-22)28-14-19-9-11-31(12-10-19)23(33)13-18-4-6-20(27)7-5-18/h3-8,15,19,32H,9-14H2,1-2H3,(H,28,29)(H,30,34). The number of aromatic nitrogens is 1. The van der Waals surface area contributed by atoms with Crippen LogP contribution in [-0.2, 0) is 11.2 Å². The molecule has 7 nitrogen and oxygen atoms in total. The third kappa shape index (κ3) is 6.32. The number of benzene rings is 2. The molecule has 1 saturated heterocycles. The first-order chi connectivity index (χ1) is 16.8. The first-order valence-corrected chi connectivity index (χ1v) is 12.8. The van der Waals surface area contributed by atoms with Crippen LogP contribution in [0.15, 0.2) is 42.6 Å². The number of halogens is 1. The molecule has 184 valence electrons. The van der Waals surface area contributed by atoms with Gasteiger partial charge in [-0.3, -0.25) is 9.59 Å². The van der Waals surface area contributed by atoms with Crippen molar-refractivity contribution in [3.05, 3.63) is 69.2 Å². The molecule has 0 radical (unpaired) electrons. The van der Waals surface area contributed by atoms with Gasteiger partial charge in [-0.2, -0.15) is 0 Å². The van der Waals surface area contributed by atoms with Crippen molar-refractivity contribution in [1.29, 1.82) is 0 Å². The zero-order valence-electron chi connectivity index (χ0n) is 19.8. The number of phenolic OH excluding ortho intramolecular Hbond substituents is 1. The van der Waals surface area contributed by atoms with Crippen LogP contribution in [0, 0.1) is 19.8 Å². The van der Waals surface area contributed by atoms with Crippen LogP contribution >= 0.6 is 22.9 Å². The SMILES string of the molecule is Cc1ccc(O)c(C)c1NC(=O)c1cnc(NCC2CCN(C(=O)Cc3ccc(Cl)cc3)CC2)s1. The lowest BCUT2D eigenvalue weighted by molar-refractivity contribution is -0.131. The van der Waals surface area contributed by atoms with Gasteiger partial charge < -0.3 is 20.6 Å². The molecule has 3 N–H and O–H groups in total. The van der Waals surface area contributed by atoms with E-state index < -0.39 is 0 Å². The van der Waals surface area contributed by atoms with Crippen molar-refractivity contribution in [3.8, 4) is 5.75 Å². The molecule has 35 heavy (non-hydrogen) atoms. The number of amides is 2. The topological polar surface area (TPSA) is 94.6 Å². The number of phenols is 1. The maximum atomic E-state index is 12.7. The number of likely N-dealkylation sites (tertiary alicyclic amines) is 1. The Hall–Kier alpha value is -3.10. The van der Waals surface area contributed by atoms with Crippen LogP contribution < -0.4 is 10.6 Å². The van der Waals surface area contributed by atoms with Crippen molar-refractivity contribution in [2.75, 3.05) is 30.3 Å². The second-order valence-electron chi connectivity index (χ2n) is 8.89. The van der Waals surface area contributed by atoms with Gasteiger partial charge in [0.25, 0.3) is 5.91 Å². The van der Waals surface area contributed by atoms with Gasteiger partial charge >= 0.3 is 0 Å². The van der Waals surface area contributed by atoms with Crippen LogP contribution in [-0.4, -0.2) is 46.4 Å². The van der Waals surface area contributed by atoms with Gasteiger partial charge in [0.15, 0.2) is 5.13 Å². The third-order valence-corrected chi connectivity index (χ3v) is 7.60. The minimum atomic E-state index is -0.250. The predicted molar refractivity (Wildman–Crippen MR) is 141 cm³/mol. The van der Waals surface area contributed by atoms with Crippen LogP contribution in [0.1, 0.15) is 39.2 Å². The van der Waals surface area contributed by atoms with E-state index >= 15 is 0 Å². The average Bonchev–Trinajstić information content (AvgIpc) is 3.34. The minimum Gasteiger partial charge on any atom is -0.508 e. The Morgan fingerprint density at radius 2 is 1.86 bits per heavy atom. The minimum absolute atomic E-state index is 0.145. The number of hydrogen-bond acceptors (Lipinski definition) is 6. The molecule has 2 heterocycles. The molecule has 0 saturated carbocycles. The van der Waals surface area contributed by atoms with E-state index in [9.17, 15) is 14.7 Å². The van der Waals surface area contributed by atoms with E-state index in [2.05, 4.69) is 15.6 Å². The summed E-state index contributed by atoms with van der Waals surface area (Å²) in [5, 5.41) is 17.5. The molecular formula is C26H29ClN4O3S. The Morgan fingerprint density at radius 1 is 1.14 bits per heavy atom. The molecule has 1 aliphatic rings. The highest BCUT2D eigenvalue weighted by molar-refractivity contribution is 7.17. The smallest absolute Gasteiger partial charge is 0.267 e. The number of aryl methyl sites for hydroxylation is 1. The maximum absolute atomic E-state index is 12.7. The summed E-state index contributed by atoms with van der Waals surface area (Å²) >= 11 is 7.22. The van der Waals surface area contributed by atoms with Crippen LogP contribution in [0.5, 0.6) is 5.75 Å². The molecule has 2 amide bonds. The summed E-state index contributed by atoms with van der Waals surface area (Å²) in [5.74, 6) is 0.481. The average molecular weight is 513 g/mol. The fourth-order valence-corrected chi connectivity index (χ4v) is 5.02. The second-order valence-corrected chi connectivity index (χ2v) is 10.4. The predicted octanol–water partition coefficient (Wildman–Crippen LogP) is 5.26. The Balaban J connectivity index is 1.24. The van der Waals surface area contributed by atoms with Crippen LogP contribution in [0.25, 0.3) is 0 Å². The van der Waals surface area contributed by atoms with Crippen molar-refractivity contribution >= 4 is 45.6 Å². The maximum Gasteiger partial charge on any atom is 0.267 e. The second kappa shape index (κ2) is 11.1. The molecule has 4 rings (SSSR count). The van der Waals surface area contributed by atoms with Gasteiger partial charge in [-0.15, -0.1) is 0 Å². The van der Waals surface area contributed by atoms with Gasteiger partial charge in [0.2, 0.25) is 5.91 Å². The van der Waals surface area contributed by atoms with E-state index in [1.807, 2.05) is 36.1 Å². The molecule has 0 spiro atoms. The van der Waals surface area contributed by atoms with Crippen molar-refractivity contribution in [3.63, 3.8) is 0 Å². The lowest BCUT2D eigenvalue weighted by atomic mass is 9.96. The van der Waals surface area contributed by atoms with Crippen molar-refractivity contribution in [2.24, 2.45) is 5.92 Å². The molecule has 0 aliphatic carbocycles. The van der Waals surface area contributed by atoms with E-state index in [1.165, 1.54) is 11.3 Å². The first-order valence-electron chi connectivity index (χ1n) is 11.6. The number of carbonyl (C=O) groups is 2. The van der Waals surface area contributed by atoms with E-state index in [4.69, 9.17) is 11.6 Å². The first kappa shape index (κ1) is 25.0. The third-order valence-electron chi connectivity index (χ3n) is 6.39. The molecule has 0 atom stereocenters. The molecule has 9 heteroatoms. The highest BCUT2D eigenvalue weighted by Crippen LogP contribution is 2.29. The van der Waals surface area contributed by atoms with Crippen LogP contribution in [0.4, 0.5) is 10.8 Å². The van der Waals surface area contributed by atoms with E-state index in [1.54, 1.807) is 25.3 Å². The number of aromatic hydroxyl groups is 1. The van der Waals surface area contributed by atoms with Gasteiger partial charge in [0, 0.05) is 30.2 Å². The summed E-state index contributed by atoms with van der Waals surface area (Å²) in [7, 11) is 0. The van der Waals surface area contributed by atoms with Gasteiger partial charge in [-0.1, -0.05) is 41.1 Å². The zero-order chi connectivity index (χ0) is 24.9. The molecule has 1 fully saturated rings. The summed E-state index contributed by atoms with van der Waals surface area (Å²) in [4.78, 5) is 32.1. The molecule has 0 unspecified atom stereocenters. The van der Waals surface area contributed by atoms with Crippen molar-refractivity contribution in [2.45, 2.75) is 33.1 Å². The van der Waals surface area contributed by atoms with Crippen molar-refractivity contribution < 1.29 is 14.7 Å². The molecule has 0 bridgehead atoms. The summed E-state index contributed by atoms with van der Waals surface area (Å²) in [5.41, 5.74) is 3.12. The summed E-state index contributed by atoms with van der Waals surface area (Å²) < 4.78 is 0. The molecule has 1 aliphatic heterocycles. The van der Waals surface area contributed by atoms with E-state index in [0.717, 1.165) is 43.6 Å². The highest BCUT2D eigenvalue weighted by Gasteiger charge is 2.23. The van der Waals surface area contributed by atoms with Gasteiger partial charge in [0.05, 0.1) is 18.3 Å². The Kier molecular flexibility index (Phi) is 7.93. The number of hydrogen-bond donors (Lipinski definition) is 3. The number of nitrogens with one attached hydrogen (secondary N) is 2. The summed E-state index contributed by atoms with van der Waals surface area (Å²) in [6, 6.07) is 10.8. The molecule has 2 aromatic carbocycles. The number of anilines is 2. The largest absolute Gasteiger partial charge is 0.508 e. The number of piperidine rings is 1. The monoisotopic (exact) mass is 512 g/mol. The number of thiazole rings is 1. The molecule has 3 aromatic rings.